The van der Waals surface area contributed by atoms with Gasteiger partial charge < -0.3 is 4.74 Å². The molecular weight excluding hydrogens is 368 g/mol. The highest BCUT2D eigenvalue weighted by molar-refractivity contribution is 6.17. The van der Waals surface area contributed by atoms with Crippen LogP contribution >= 0.6 is 0 Å². The lowest BCUT2D eigenvalue weighted by Gasteiger charge is -2.28. The highest BCUT2D eigenvalue weighted by atomic mass is 16.6. The lowest BCUT2D eigenvalue weighted by molar-refractivity contribution is -0.158. The molecule has 0 saturated heterocycles. The molecule has 150 valence electrons. The van der Waals surface area contributed by atoms with Crippen LogP contribution in [-0.2, 0) is 14.3 Å². The molecule has 0 aliphatic heterocycles. The summed E-state index contributed by atoms with van der Waals surface area (Å²) < 4.78 is 5.49. The van der Waals surface area contributed by atoms with Crippen LogP contribution in [0.3, 0.4) is 0 Å². The van der Waals surface area contributed by atoms with Crippen LogP contribution in [0.25, 0.3) is 0 Å². The summed E-state index contributed by atoms with van der Waals surface area (Å²) in [7, 11) is 0. The SMILES string of the molecule is CC(=O)C(C(=O)c1ccccc1)C1c2ccccc2C(=O)C1C(=O)OC(C)(C)C. The zero-order valence-electron chi connectivity index (χ0n) is 17.0. The van der Waals surface area contributed by atoms with Gasteiger partial charge in [0.15, 0.2) is 11.6 Å². The second kappa shape index (κ2) is 7.74. The van der Waals surface area contributed by atoms with Gasteiger partial charge in [0.25, 0.3) is 0 Å². The summed E-state index contributed by atoms with van der Waals surface area (Å²) in [6, 6.07) is 15.2. The molecule has 1 aliphatic rings. The van der Waals surface area contributed by atoms with Crippen molar-refractivity contribution in [1.29, 1.82) is 0 Å². The molecule has 5 heteroatoms. The standard InChI is InChI=1S/C24H24O5/c1-14(25)18(21(26)15-10-6-5-7-11-15)19-16-12-8-9-13-17(16)22(27)20(19)23(28)29-24(2,3)4/h5-13,18-20H,1-4H3. The van der Waals surface area contributed by atoms with E-state index in [1.54, 1.807) is 75.4 Å². The van der Waals surface area contributed by atoms with E-state index in [0.29, 0.717) is 16.7 Å². The molecule has 2 aromatic rings. The maximum Gasteiger partial charge on any atom is 0.318 e. The van der Waals surface area contributed by atoms with E-state index in [-0.39, 0.29) is 5.78 Å². The Morgan fingerprint density at radius 3 is 2.10 bits per heavy atom. The monoisotopic (exact) mass is 392 g/mol. The predicted molar refractivity (Wildman–Crippen MR) is 108 cm³/mol. The fraction of sp³-hybridized carbons (Fsp3) is 0.333. The molecule has 1 aliphatic carbocycles. The number of carbonyl (C=O) groups excluding carboxylic acids is 4. The molecule has 3 rings (SSSR count). The topological polar surface area (TPSA) is 77.5 Å². The Balaban J connectivity index is 2.12. The van der Waals surface area contributed by atoms with E-state index < -0.39 is 40.9 Å². The van der Waals surface area contributed by atoms with Crippen molar-refractivity contribution in [2.75, 3.05) is 0 Å². The van der Waals surface area contributed by atoms with E-state index in [1.165, 1.54) is 6.92 Å². The quantitative estimate of drug-likeness (QED) is 0.436. The molecule has 5 nitrogen and oxygen atoms in total. The number of carbonyl (C=O) groups is 4. The van der Waals surface area contributed by atoms with E-state index in [0.717, 1.165) is 0 Å². The number of ether oxygens (including phenoxy) is 1. The number of ketones is 3. The fourth-order valence-electron chi connectivity index (χ4n) is 3.90. The van der Waals surface area contributed by atoms with Crippen molar-refractivity contribution >= 4 is 23.3 Å². The summed E-state index contributed by atoms with van der Waals surface area (Å²) in [6.07, 6.45) is 0. The molecule has 0 fully saturated rings. The van der Waals surface area contributed by atoms with Gasteiger partial charge in [0.05, 0.1) is 5.92 Å². The number of benzene rings is 2. The lowest BCUT2D eigenvalue weighted by Crippen LogP contribution is -2.39. The van der Waals surface area contributed by atoms with Gasteiger partial charge in [0.2, 0.25) is 0 Å². The largest absolute Gasteiger partial charge is 0.459 e. The van der Waals surface area contributed by atoms with Crippen molar-refractivity contribution in [3.8, 4) is 0 Å². The van der Waals surface area contributed by atoms with Gasteiger partial charge in [-0.05, 0) is 33.3 Å². The first-order valence-electron chi connectivity index (χ1n) is 9.57. The summed E-state index contributed by atoms with van der Waals surface area (Å²) in [4.78, 5) is 52.0. The zero-order valence-corrected chi connectivity index (χ0v) is 17.0. The molecule has 0 N–H and O–H groups in total. The maximum absolute atomic E-state index is 13.3. The Kier molecular flexibility index (Phi) is 5.51. The van der Waals surface area contributed by atoms with Crippen molar-refractivity contribution in [2.45, 2.75) is 39.2 Å². The Bertz CT molecular complexity index is 968. The van der Waals surface area contributed by atoms with Crippen molar-refractivity contribution in [1.82, 2.24) is 0 Å². The van der Waals surface area contributed by atoms with Crippen molar-refractivity contribution in [3.63, 3.8) is 0 Å². The Morgan fingerprint density at radius 2 is 1.52 bits per heavy atom. The molecule has 0 spiro atoms. The zero-order chi connectivity index (χ0) is 21.3. The normalized spacial score (nSPS) is 19.4. The first-order chi connectivity index (χ1) is 13.6. The van der Waals surface area contributed by atoms with Crippen LogP contribution in [0.15, 0.2) is 54.6 Å². The summed E-state index contributed by atoms with van der Waals surface area (Å²) >= 11 is 0. The fourth-order valence-corrected chi connectivity index (χ4v) is 3.90. The van der Waals surface area contributed by atoms with Gasteiger partial charge in [-0.25, -0.2) is 0 Å². The van der Waals surface area contributed by atoms with Gasteiger partial charge in [-0.15, -0.1) is 0 Å². The van der Waals surface area contributed by atoms with Gasteiger partial charge >= 0.3 is 5.97 Å². The molecular formula is C24H24O5. The average molecular weight is 392 g/mol. The van der Waals surface area contributed by atoms with Crippen LogP contribution in [0, 0.1) is 11.8 Å². The molecule has 0 amide bonds. The van der Waals surface area contributed by atoms with Gasteiger partial charge in [-0.3, -0.25) is 19.2 Å². The van der Waals surface area contributed by atoms with Crippen LogP contribution in [0.4, 0.5) is 0 Å². The molecule has 0 radical (unpaired) electrons. The number of hydrogen-bond acceptors (Lipinski definition) is 5. The van der Waals surface area contributed by atoms with Crippen LogP contribution in [-0.4, -0.2) is 28.9 Å². The highest BCUT2D eigenvalue weighted by Gasteiger charge is 2.52. The third kappa shape index (κ3) is 4.04. The van der Waals surface area contributed by atoms with Gasteiger partial charge in [0, 0.05) is 17.0 Å². The van der Waals surface area contributed by atoms with Crippen LogP contribution in [0.5, 0.6) is 0 Å². The number of esters is 1. The molecule has 2 aromatic carbocycles. The van der Waals surface area contributed by atoms with E-state index >= 15 is 0 Å². The van der Waals surface area contributed by atoms with Crippen molar-refractivity contribution in [3.05, 3.63) is 71.3 Å². The highest BCUT2D eigenvalue weighted by Crippen LogP contribution is 2.45. The molecule has 0 saturated carbocycles. The molecule has 3 unspecified atom stereocenters. The average Bonchev–Trinajstić information content (AvgIpc) is 2.94. The minimum absolute atomic E-state index is 0.362. The summed E-state index contributed by atoms with van der Waals surface area (Å²) in [6.45, 7) is 6.46. The van der Waals surface area contributed by atoms with Crippen LogP contribution in [0.2, 0.25) is 0 Å². The van der Waals surface area contributed by atoms with E-state index in [4.69, 9.17) is 4.74 Å². The third-order valence-corrected chi connectivity index (χ3v) is 5.03. The second-order valence-electron chi connectivity index (χ2n) is 8.31. The van der Waals surface area contributed by atoms with E-state index in [1.807, 2.05) is 0 Å². The number of fused-ring (bicyclic) bond motifs is 1. The first-order valence-corrected chi connectivity index (χ1v) is 9.57. The van der Waals surface area contributed by atoms with Crippen LogP contribution < -0.4 is 0 Å². The second-order valence-corrected chi connectivity index (χ2v) is 8.31. The number of Topliss-reactive ketones (excluding diaryl/α,β-unsaturated/α-hetero) is 3. The molecule has 3 atom stereocenters. The summed E-state index contributed by atoms with van der Waals surface area (Å²) in [5.74, 6) is -5.18. The van der Waals surface area contributed by atoms with Crippen molar-refractivity contribution in [2.24, 2.45) is 11.8 Å². The molecule has 29 heavy (non-hydrogen) atoms. The summed E-state index contributed by atoms with van der Waals surface area (Å²) in [5.41, 5.74) is 0.469. The minimum Gasteiger partial charge on any atom is -0.459 e. The summed E-state index contributed by atoms with van der Waals surface area (Å²) in [5, 5.41) is 0. The van der Waals surface area contributed by atoms with Crippen molar-refractivity contribution < 1.29 is 23.9 Å². The Hall–Kier alpha value is -3.08. The number of rotatable bonds is 5. The number of hydrogen-bond donors (Lipinski definition) is 0. The Morgan fingerprint density at radius 1 is 0.931 bits per heavy atom. The van der Waals surface area contributed by atoms with E-state index in [2.05, 4.69) is 0 Å². The lowest BCUT2D eigenvalue weighted by atomic mass is 9.75. The molecule has 0 bridgehead atoms. The third-order valence-electron chi connectivity index (χ3n) is 5.03. The molecule has 0 heterocycles. The minimum atomic E-state index is -1.23. The first kappa shape index (κ1) is 20.6. The van der Waals surface area contributed by atoms with Gasteiger partial charge in [-0.2, -0.15) is 0 Å². The van der Waals surface area contributed by atoms with Gasteiger partial charge in [0.1, 0.15) is 17.3 Å². The predicted octanol–water partition coefficient (Wildman–Crippen LogP) is 4.01. The van der Waals surface area contributed by atoms with E-state index in [9.17, 15) is 19.2 Å². The maximum atomic E-state index is 13.3. The molecule has 0 aromatic heterocycles. The van der Waals surface area contributed by atoms with Gasteiger partial charge in [-0.1, -0.05) is 54.6 Å². The van der Waals surface area contributed by atoms with Crippen LogP contribution in [0.1, 0.15) is 59.9 Å². The smallest absolute Gasteiger partial charge is 0.318 e. The Labute approximate surface area is 170 Å².